The van der Waals surface area contributed by atoms with E-state index in [0.29, 0.717) is 6.04 Å². The van der Waals surface area contributed by atoms with Crippen LogP contribution in [0.25, 0.3) is 16.6 Å². The van der Waals surface area contributed by atoms with Crippen molar-refractivity contribution in [3.05, 3.63) is 72.4 Å². The molecule has 0 atom stereocenters. The molecule has 2 aromatic heterocycles. The molecule has 5 rings (SSSR count). The van der Waals surface area contributed by atoms with Crippen molar-refractivity contribution < 1.29 is 4.79 Å². The maximum Gasteiger partial charge on any atom is 0.221 e. The molecule has 8 nitrogen and oxygen atoms in total. The minimum Gasteiger partial charge on any atom is -0.361 e. The number of anilines is 1. The third-order valence-electron chi connectivity index (χ3n) is 7.15. The molecule has 0 bridgehead atoms. The molecule has 3 heterocycles. The predicted molar refractivity (Wildman–Crippen MR) is 143 cm³/mol. The van der Waals surface area contributed by atoms with Gasteiger partial charge in [0.1, 0.15) is 12.7 Å². The lowest BCUT2D eigenvalue weighted by Crippen LogP contribution is -2.44. The van der Waals surface area contributed by atoms with Crippen molar-refractivity contribution in [3.63, 3.8) is 0 Å². The van der Waals surface area contributed by atoms with Gasteiger partial charge in [-0.25, -0.2) is 0 Å². The minimum atomic E-state index is -0.0370. The second-order valence-electron chi connectivity index (χ2n) is 9.66. The lowest BCUT2D eigenvalue weighted by atomic mass is 10.0. The number of benzene rings is 2. The Hall–Kier alpha value is -3.49. The van der Waals surface area contributed by atoms with Gasteiger partial charge in [-0.15, -0.1) is 10.2 Å². The number of aromatic amines is 1. The average Bonchev–Trinajstić information content (AvgIpc) is 3.57. The molecular formula is C28H35N7O. The van der Waals surface area contributed by atoms with E-state index in [4.69, 9.17) is 0 Å². The first kappa shape index (κ1) is 24.2. The molecule has 0 radical (unpaired) electrons. The first-order valence-corrected chi connectivity index (χ1v) is 12.9. The van der Waals surface area contributed by atoms with Crippen LogP contribution in [0.5, 0.6) is 0 Å². The predicted octanol–water partition coefficient (Wildman–Crippen LogP) is 3.94. The number of fused-ring (bicyclic) bond motifs is 1. The van der Waals surface area contributed by atoms with Gasteiger partial charge in [0.05, 0.1) is 0 Å². The van der Waals surface area contributed by atoms with E-state index in [-0.39, 0.29) is 5.91 Å². The third kappa shape index (κ3) is 6.01. The summed E-state index contributed by atoms with van der Waals surface area (Å²) in [5.41, 5.74) is 5.77. The fourth-order valence-electron chi connectivity index (χ4n) is 5.22. The second-order valence-corrected chi connectivity index (χ2v) is 9.66. The highest BCUT2D eigenvalue weighted by molar-refractivity contribution is 5.88. The zero-order chi connectivity index (χ0) is 24.7. The van der Waals surface area contributed by atoms with Gasteiger partial charge in [-0.1, -0.05) is 12.1 Å². The molecule has 1 amide bonds. The van der Waals surface area contributed by atoms with Crippen molar-refractivity contribution in [2.45, 2.75) is 45.1 Å². The third-order valence-corrected chi connectivity index (χ3v) is 7.15. The number of nitrogens with zero attached hydrogens (tertiary/aromatic N) is 4. The van der Waals surface area contributed by atoms with E-state index < -0.39 is 0 Å². The van der Waals surface area contributed by atoms with Crippen molar-refractivity contribution in [3.8, 4) is 5.69 Å². The number of nitrogens with one attached hydrogen (secondary N) is 3. The standard InChI is InChI=1S/C28H35N7O/c1-21(36)33-24-6-4-22(5-7-24)12-16-34(25-10-13-29-14-11-25)15-2-3-23-18-30-28-9-8-26(17-27(23)28)35-19-31-32-20-35/h4-9,17-20,25,29-30H,2-3,10-16H2,1H3,(H,33,36). The Morgan fingerprint density at radius 1 is 1.06 bits per heavy atom. The van der Waals surface area contributed by atoms with Crippen LogP contribution in [0.1, 0.15) is 37.3 Å². The van der Waals surface area contributed by atoms with E-state index in [0.717, 1.165) is 56.8 Å². The number of rotatable bonds is 10. The van der Waals surface area contributed by atoms with Crippen molar-refractivity contribution in [2.75, 3.05) is 31.5 Å². The molecule has 4 aromatic rings. The molecule has 0 aliphatic carbocycles. The molecule has 1 aliphatic rings. The SMILES string of the molecule is CC(=O)Nc1ccc(CCN(CCCc2c[nH]c3ccc(-n4cnnc4)cc23)C2CCNCC2)cc1. The first-order valence-electron chi connectivity index (χ1n) is 12.9. The van der Waals surface area contributed by atoms with E-state index >= 15 is 0 Å². The van der Waals surface area contributed by atoms with Crippen LogP contribution in [0.3, 0.4) is 0 Å². The number of aryl methyl sites for hydroxylation is 1. The summed E-state index contributed by atoms with van der Waals surface area (Å²) in [4.78, 5) is 17.4. The van der Waals surface area contributed by atoms with E-state index in [1.54, 1.807) is 12.7 Å². The number of piperidine rings is 1. The molecule has 1 fully saturated rings. The Morgan fingerprint density at radius 3 is 2.58 bits per heavy atom. The van der Waals surface area contributed by atoms with Crippen molar-refractivity contribution >= 4 is 22.5 Å². The van der Waals surface area contributed by atoms with Gasteiger partial charge >= 0.3 is 0 Å². The Morgan fingerprint density at radius 2 is 1.83 bits per heavy atom. The Balaban J connectivity index is 1.22. The zero-order valence-corrected chi connectivity index (χ0v) is 20.9. The lowest BCUT2D eigenvalue weighted by Gasteiger charge is -2.35. The molecule has 8 heteroatoms. The van der Waals surface area contributed by atoms with Gasteiger partial charge < -0.3 is 15.6 Å². The van der Waals surface area contributed by atoms with Crippen molar-refractivity contribution in [1.82, 2.24) is 30.0 Å². The molecule has 0 saturated carbocycles. The number of H-pyrrole nitrogens is 1. The lowest BCUT2D eigenvalue weighted by molar-refractivity contribution is -0.114. The van der Waals surface area contributed by atoms with Crippen LogP contribution in [0.15, 0.2) is 61.3 Å². The fourth-order valence-corrected chi connectivity index (χ4v) is 5.22. The highest BCUT2D eigenvalue weighted by atomic mass is 16.1. The van der Waals surface area contributed by atoms with E-state index in [2.05, 4.69) is 67.2 Å². The largest absolute Gasteiger partial charge is 0.361 e. The summed E-state index contributed by atoms with van der Waals surface area (Å²) in [5, 5.41) is 15.5. The molecular weight excluding hydrogens is 450 g/mol. The number of amides is 1. The Bertz CT molecular complexity index is 1260. The smallest absolute Gasteiger partial charge is 0.221 e. The van der Waals surface area contributed by atoms with Gasteiger partial charge in [0.15, 0.2) is 0 Å². The summed E-state index contributed by atoms with van der Waals surface area (Å²) in [6.07, 6.45) is 11.2. The number of hydrogen-bond acceptors (Lipinski definition) is 5. The summed E-state index contributed by atoms with van der Waals surface area (Å²) < 4.78 is 1.94. The number of carbonyl (C=O) groups excluding carboxylic acids is 1. The molecule has 1 saturated heterocycles. The highest BCUT2D eigenvalue weighted by Gasteiger charge is 2.20. The summed E-state index contributed by atoms with van der Waals surface area (Å²) in [6.45, 7) is 5.88. The number of carbonyl (C=O) groups is 1. The van der Waals surface area contributed by atoms with E-state index in [1.165, 1.54) is 41.8 Å². The Labute approximate surface area is 212 Å². The molecule has 2 aromatic carbocycles. The van der Waals surface area contributed by atoms with E-state index in [1.807, 2.05) is 16.7 Å². The van der Waals surface area contributed by atoms with Crippen molar-refractivity contribution in [1.29, 1.82) is 0 Å². The second kappa shape index (κ2) is 11.5. The quantitative estimate of drug-likeness (QED) is 0.317. The van der Waals surface area contributed by atoms with Gasteiger partial charge in [0.25, 0.3) is 0 Å². The average molecular weight is 486 g/mol. The fraction of sp³-hybridized carbons (Fsp3) is 0.393. The van der Waals surface area contributed by atoms with Crippen LogP contribution < -0.4 is 10.6 Å². The molecule has 0 spiro atoms. The van der Waals surface area contributed by atoms with Gasteiger partial charge in [0, 0.05) is 48.0 Å². The molecule has 0 unspecified atom stereocenters. The number of aromatic nitrogens is 4. The molecule has 3 N–H and O–H groups in total. The Kier molecular flexibility index (Phi) is 7.73. The summed E-state index contributed by atoms with van der Waals surface area (Å²) >= 11 is 0. The van der Waals surface area contributed by atoms with Gasteiger partial charge in [-0.3, -0.25) is 14.3 Å². The monoisotopic (exact) mass is 485 g/mol. The van der Waals surface area contributed by atoms with Gasteiger partial charge in [-0.05, 0) is 93.2 Å². The topological polar surface area (TPSA) is 90.9 Å². The zero-order valence-electron chi connectivity index (χ0n) is 20.9. The van der Waals surface area contributed by atoms with Gasteiger partial charge in [0.2, 0.25) is 5.91 Å². The maximum absolute atomic E-state index is 11.3. The highest BCUT2D eigenvalue weighted by Crippen LogP contribution is 2.23. The van der Waals surface area contributed by atoms with Gasteiger partial charge in [-0.2, -0.15) is 0 Å². The minimum absolute atomic E-state index is 0.0370. The summed E-state index contributed by atoms with van der Waals surface area (Å²) in [7, 11) is 0. The van der Waals surface area contributed by atoms with Crippen LogP contribution >= 0.6 is 0 Å². The summed E-state index contributed by atoms with van der Waals surface area (Å²) in [6, 6.07) is 15.3. The maximum atomic E-state index is 11.3. The number of hydrogen-bond donors (Lipinski definition) is 3. The normalized spacial score (nSPS) is 14.5. The molecule has 188 valence electrons. The van der Waals surface area contributed by atoms with Crippen LogP contribution in [0.2, 0.25) is 0 Å². The first-order chi connectivity index (χ1) is 17.7. The van der Waals surface area contributed by atoms with E-state index in [9.17, 15) is 4.79 Å². The molecule has 1 aliphatic heterocycles. The van der Waals surface area contributed by atoms with Crippen LogP contribution in [0, 0.1) is 0 Å². The summed E-state index contributed by atoms with van der Waals surface area (Å²) in [5.74, 6) is -0.0370. The van der Waals surface area contributed by atoms with Crippen LogP contribution in [-0.2, 0) is 17.6 Å². The van der Waals surface area contributed by atoms with Crippen LogP contribution in [-0.4, -0.2) is 62.8 Å². The van der Waals surface area contributed by atoms with Crippen LogP contribution in [0.4, 0.5) is 5.69 Å². The molecule has 36 heavy (non-hydrogen) atoms. The van der Waals surface area contributed by atoms with Crippen molar-refractivity contribution in [2.24, 2.45) is 0 Å².